The second kappa shape index (κ2) is 7.97. The number of nitrogens with zero attached hydrogens (tertiary/aromatic N) is 1. The van der Waals surface area contributed by atoms with Crippen LogP contribution in [-0.4, -0.2) is 36.5 Å². The molecule has 3 N–H and O–H groups in total. The van der Waals surface area contributed by atoms with Gasteiger partial charge in [-0.3, -0.25) is 9.69 Å². The highest BCUT2D eigenvalue weighted by molar-refractivity contribution is 5.78. The Labute approximate surface area is 120 Å². The molecule has 0 saturated carbocycles. The lowest BCUT2D eigenvalue weighted by molar-refractivity contribution is -0.122. The second-order valence-corrected chi connectivity index (χ2v) is 4.84. The van der Waals surface area contributed by atoms with E-state index in [1.807, 2.05) is 25.7 Å². The Hall–Kier alpha value is -1.46. The third-order valence-electron chi connectivity index (χ3n) is 3.24. The van der Waals surface area contributed by atoms with Gasteiger partial charge in [-0.05, 0) is 26.5 Å². The minimum atomic E-state index is -0.316. The van der Waals surface area contributed by atoms with E-state index in [2.05, 4.69) is 5.32 Å². The number of hydrogen-bond acceptors (Lipinski definition) is 3. The third-order valence-corrected chi connectivity index (χ3v) is 3.24. The van der Waals surface area contributed by atoms with Crippen LogP contribution in [0.2, 0.25) is 0 Å². The van der Waals surface area contributed by atoms with Gasteiger partial charge in [0, 0.05) is 18.2 Å². The second-order valence-electron chi connectivity index (χ2n) is 4.84. The zero-order chi connectivity index (χ0) is 15.1. The highest BCUT2D eigenvalue weighted by Crippen LogP contribution is 2.25. The van der Waals surface area contributed by atoms with Crippen molar-refractivity contribution < 1.29 is 9.18 Å². The van der Waals surface area contributed by atoms with Gasteiger partial charge in [0.25, 0.3) is 0 Å². The number of rotatable bonds is 7. The highest BCUT2D eigenvalue weighted by Gasteiger charge is 2.26. The number of nitrogens with two attached hydrogens (primary N) is 1. The molecule has 0 saturated heterocycles. The number of carbonyl (C=O) groups is 1. The standard InChI is InChI=1S/C15H24FN3O/c1-4-18-14(20)10-19(5-2)15(11(3)17)12-8-6-7-9-13(12)16/h6-9,11,15H,4-5,10,17H2,1-3H3,(H,18,20). The van der Waals surface area contributed by atoms with Crippen LogP contribution in [0.3, 0.4) is 0 Å². The predicted octanol–water partition coefficient (Wildman–Crippen LogP) is 1.67. The molecule has 1 amide bonds. The van der Waals surface area contributed by atoms with E-state index in [0.29, 0.717) is 18.7 Å². The normalized spacial score (nSPS) is 14.1. The molecule has 4 nitrogen and oxygen atoms in total. The first kappa shape index (κ1) is 16.6. The Balaban J connectivity index is 2.99. The maximum atomic E-state index is 14.0. The molecule has 0 fully saturated rings. The lowest BCUT2D eigenvalue weighted by Crippen LogP contribution is -2.45. The molecule has 0 aliphatic carbocycles. The van der Waals surface area contributed by atoms with Crippen molar-refractivity contribution in [2.45, 2.75) is 32.9 Å². The van der Waals surface area contributed by atoms with Crippen LogP contribution in [0, 0.1) is 5.82 Å². The van der Waals surface area contributed by atoms with Crippen LogP contribution in [-0.2, 0) is 4.79 Å². The molecule has 0 aromatic heterocycles. The molecule has 0 spiro atoms. The number of hydrogen-bond donors (Lipinski definition) is 2. The van der Waals surface area contributed by atoms with E-state index in [9.17, 15) is 9.18 Å². The largest absolute Gasteiger partial charge is 0.355 e. The van der Waals surface area contributed by atoms with Gasteiger partial charge >= 0.3 is 0 Å². The van der Waals surface area contributed by atoms with E-state index in [-0.39, 0.29) is 30.4 Å². The molecular weight excluding hydrogens is 257 g/mol. The van der Waals surface area contributed by atoms with Gasteiger partial charge in [0.2, 0.25) is 5.91 Å². The van der Waals surface area contributed by atoms with Crippen molar-refractivity contribution in [3.05, 3.63) is 35.6 Å². The zero-order valence-electron chi connectivity index (χ0n) is 12.4. The summed E-state index contributed by atoms with van der Waals surface area (Å²) in [5.74, 6) is -0.361. The molecule has 0 bridgehead atoms. The van der Waals surface area contributed by atoms with Crippen molar-refractivity contribution >= 4 is 5.91 Å². The lowest BCUT2D eigenvalue weighted by Gasteiger charge is -2.33. The molecular formula is C15H24FN3O. The van der Waals surface area contributed by atoms with Gasteiger partial charge in [0.15, 0.2) is 0 Å². The lowest BCUT2D eigenvalue weighted by atomic mass is 9.98. The van der Waals surface area contributed by atoms with E-state index in [1.165, 1.54) is 6.07 Å². The summed E-state index contributed by atoms with van der Waals surface area (Å²) in [5.41, 5.74) is 6.56. The van der Waals surface area contributed by atoms with E-state index in [0.717, 1.165) is 0 Å². The minimum Gasteiger partial charge on any atom is -0.355 e. The first-order chi connectivity index (χ1) is 9.51. The average Bonchev–Trinajstić information content (AvgIpc) is 2.40. The number of likely N-dealkylation sites (N-methyl/N-ethyl adjacent to an activating group) is 2. The predicted molar refractivity (Wildman–Crippen MR) is 78.7 cm³/mol. The van der Waals surface area contributed by atoms with Crippen LogP contribution in [0.25, 0.3) is 0 Å². The molecule has 0 aliphatic heterocycles. The summed E-state index contributed by atoms with van der Waals surface area (Å²) in [7, 11) is 0. The minimum absolute atomic E-state index is 0.0728. The van der Waals surface area contributed by atoms with Crippen LogP contribution >= 0.6 is 0 Å². The molecule has 2 atom stereocenters. The maximum Gasteiger partial charge on any atom is 0.234 e. The van der Waals surface area contributed by atoms with Gasteiger partial charge in [-0.1, -0.05) is 25.1 Å². The van der Waals surface area contributed by atoms with Gasteiger partial charge in [0.1, 0.15) is 5.82 Å². The van der Waals surface area contributed by atoms with Gasteiger partial charge in [-0.2, -0.15) is 0 Å². The first-order valence-electron chi connectivity index (χ1n) is 7.02. The van der Waals surface area contributed by atoms with Crippen LogP contribution < -0.4 is 11.1 Å². The number of nitrogens with one attached hydrogen (secondary N) is 1. The molecule has 112 valence electrons. The van der Waals surface area contributed by atoms with Crippen molar-refractivity contribution in [2.24, 2.45) is 5.73 Å². The Morgan fingerprint density at radius 2 is 2.05 bits per heavy atom. The maximum absolute atomic E-state index is 14.0. The Morgan fingerprint density at radius 3 is 2.55 bits per heavy atom. The molecule has 1 rings (SSSR count). The smallest absolute Gasteiger partial charge is 0.234 e. The van der Waals surface area contributed by atoms with Crippen molar-refractivity contribution in [2.75, 3.05) is 19.6 Å². The van der Waals surface area contributed by atoms with E-state index < -0.39 is 0 Å². The molecule has 0 aliphatic rings. The molecule has 1 aromatic carbocycles. The van der Waals surface area contributed by atoms with E-state index in [4.69, 9.17) is 5.73 Å². The van der Waals surface area contributed by atoms with Gasteiger partial charge < -0.3 is 11.1 Å². The third kappa shape index (κ3) is 4.28. The SMILES string of the molecule is CCNC(=O)CN(CC)C(c1ccccc1F)C(C)N. The molecule has 20 heavy (non-hydrogen) atoms. The molecule has 5 heteroatoms. The van der Waals surface area contributed by atoms with Crippen LogP contribution in [0.15, 0.2) is 24.3 Å². The van der Waals surface area contributed by atoms with Gasteiger partial charge in [0.05, 0.1) is 12.6 Å². The van der Waals surface area contributed by atoms with E-state index in [1.54, 1.807) is 18.2 Å². The van der Waals surface area contributed by atoms with Crippen LogP contribution in [0.5, 0.6) is 0 Å². The zero-order valence-corrected chi connectivity index (χ0v) is 12.4. The summed E-state index contributed by atoms with van der Waals surface area (Å²) in [6, 6.07) is 5.99. The fourth-order valence-corrected chi connectivity index (χ4v) is 2.37. The summed E-state index contributed by atoms with van der Waals surface area (Å²) in [6.45, 7) is 7.06. The van der Waals surface area contributed by atoms with Crippen molar-refractivity contribution in [3.8, 4) is 0 Å². The number of halogens is 1. The summed E-state index contributed by atoms with van der Waals surface area (Å²) in [5, 5.41) is 2.76. The summed E-state index contributed by atoms with van der Waals surface area (Å²) in [4.78, 5) is 13.7. The number of benzene rings is 1. The molecule has 0 radical (unpaired) electrons. The van der Waals surface area contributed by atoms with Crippen molar-refractivity contribution in [1.29, 1.82) is 0 Å². The Morgan fingerprint density at radius 1 is 1.40 bits per heavy atom. The van der Waals surface area contributed by atoms with Gasteiger partial charge in [-0.15, -0.1) is 0 Å². The molecule has 2 unspecified atom stereocenters. The monoisotopic (exact) mass is 281 g/mol. The molecule has 0 heterocycles. The summed E-state index contributed by atoms with van der Waals surface area (Å²) >= 11 is 0. The molecule has 1 aromatic rings. The van der Waals surface area contributed by atoms with E-state index >= 15 is 0 Å². The Bertz CT molecular complexity index is 437. The van der Waals surface area contributed by atoms with Crippen LogP contribution in [0.1, 0.15) is 32.4 Å². The Kier molecular flexibility index (Phi) is 6.61. The summed E-state index contributed by atoms with van der Waals surface area (Å²) in [6.07, 6.45) is 0. The summed E-state index contributed by atoms with van der Waals surface area (Å²) < 4.78 is 14.0. The number of amides is 1. The highest BCUT2D eigenvalue weighted by atomic mass is 19.1. The van der Waals surface area contributed by atoms with Crippen molar-refractivity contribution in [3.63, 3.8) is 0 Å². The van der Waals surface area contributed by atoms with Crippen LogP contribution in [0.4, 0.5) is 4.39 Å². The average molecular weight is 281 g/mol. The van der Waals surface area contributed by atoms with Gasteiger partial charge in [-0.25, -0.2) is 4.39 Å². The fraction of sp³-hybridized carbons (Fsp3) is 0.533. The quantitative estimate of drug-likeness (QED) is 0.799. The first-order valence-corrected chi connectivity index (χ1v) is 7.02. The fourth-order valence-electron chi connectivity index (χ4n) is 2.37. The van der Waals surface area contributed by atoms with Crippen molar-refractivity contribution in [1.82, 2.24) is 10.2 Å². The number of carbonyl (C=O) groups excluding carboxylic acids is 1. The topological polar surface area (TPSA) is 58.4 Å².